The number of methoxy groups -OCH3 is 1. The quantitative estimate of drug-likeness (QED) is 0.608. The van der Waals surface area contributed by atoms with E-state index in [1.807, 2.05) is 0 Å². The summed E-state index contributed by atoms with van der Waals surface area (Å²) in [6.07, 6.45) is 1.52. The molecule has 0 aromatic carbocycles. The summed E-state index contributed by atoms with van der Waals surface area (Å²) in [5.41, 5.74) is 0. The van der Waals surface area contributed by atoms with Crippen molar-refractivity contribution in [2.45, 2.75) is 38.2 Å². The second-order valence-corrected chi connectivity index (χ2v) is 5.43. The van der Waals surface area contributed by atoms with Crippen molar-refractivity contribution in [1.82, 2.24) is 9.78 Å². The molecule has 1 saturated heterocycles. The molecule has 3 heterocycles. The van der Waals surface area contributed by atoms with Crippen LogP contribution in [0.15, 0.2) is 6.07 Å². The van der Waals surface area contributed by atoms with Crippen LogP contribution in [-0.2, 0) is 20.8 Å². The van der Waals surface area contributed by atoms with Crippen LogP contribution < -0.4 is 4.90 Å². The van der Waals surface area contributed by atoms with Crippen LogP contribution in [0.5, 0.6) is 0 Å². The highest BCUT2D eigenvalue weighted by atomic mass is 16.7. The van der Waals surface area contributed by atoms with Crippen molar-refractivity contribution >= 4 is 17.7 Å². The Hall–Kier alpha value is -2.20. The summed E-state index contributed by atoms with van der Waals surface area (Å²) in [5.74, 6) is 0.0106. The van der Waals surface area contributed by atoms with Gasteiger partial charge in [-0.25, -0.2) is 4.79 Å². The number of fused-ring (bicyclic) bond motifs is 1. The van der Waals surface area contributed by atoms with Crippen LogP contribution in [0, 0.1) is 10.1 Å². The van der Waals surface area contributed by atoms with Gasteiger partial charge in [0.15, 0.2) is 12.1 Å². The maximum absolute atomic E-state index is 12.0. The van der Waals surface area contributed by atoms with Crippen LogP contribution in [0.4, 0.5) is 16.4 Å². The fourth-order valence-corrected chi connectivity index (χ4v) is 2.78. The molecule has 126 valence electrons. The smallest absolute Gasteiger partial charge is 0.415 e. The first kappa shape index (κ1) is 15.7. The van der Waals surface area contributed by atoms with E-state index < -0.39 is 11.0 Å². The Morgan fingerprint density at radius 3 is 2.96 bits per heavy atom. The summed E-state index contributed by atoms with van der Waals surface area (Å²) in [5, 5.41) is 14.8. The molecular formula is C13H18N4O6. The largest absolute Gasteiger partial charge is 0.452 e. The summed E-state index contributed by atoms with van der Waals surface area (Å²) in [7, 11) is 1.26. The van der Waals surface area contributed by atoms with Crippen molar-refractivity contribution in [3.05, 3.63) is 16.2 Å². The minimum atomic E-state index is -0.612. The normalized spacial score (nSPS) is 24.1. The van der Waals surface area contributed by atoms with Gasteiger partial charge >= 0.3 is 11.9 Å². The number of aromatic nitrogens is 2. The monoisotopic (exact) mass is 326 g/mol. The number of rotatable bonds is 3. The maximum atomic E-state index is 12.0. The molecule has 2 aliphatic rings. The zero-order valence-corrected chi connectivity index (χ0v) is 12.7. The lowest BCUT2D eigenvalue weighted by molar-refractivity contribution is -0.389. The van der Waals surface area contributed by atoms with Crippen LogP contribution in [0.25, 0.3) is 0 Å². The van der Waals surface area contributed by atoms with Gasteiger partial charge in [0.2, 0.25) is 0 Å². The standard InChI is InChI=1S/C13H18N4O6/c1-21-13(18)15-7-9(23-12-4-2-3-5-22-12)8-16-11(15)6-10(14-16)17(19)20/h6,9,12H,2-5,7-8H2,1H3. The molecule has 1 aromatic rings. The zero-order chi connectivity index (χ0) is 16.4. The van der Waals surface area contributed by atoms with Gasteiger partial charge in [-0.15, -0.1) is 0 Å². The van der Waals surface area contributed by atoms with E-state index >= 15 is 0 Å². The van der Waals surface area contributed by atoms with Crippen LogP contribution in [-0.4, -0.2) is 53.5 Å². The summed E-state index contributed by atoms with van der Waals surface area (Å²) in [4.78, 5) is 23.6. The van der Waals surface area contributed by atoms with Gasteiger partial charge in [0, 0.05) is 6.61 Å². The van der Waals surface area contributed by atoms with E-state index in [0.717, 1.165) is 19.3 Å². The number of anilines is 1. The molecule has 1 aromatic heterocycles. The number of carbonyl (C=O) groups excluding carboxylic acids is 1. The van der Waals surface area contributed by atoms with E-state index in [1.54, 1.807) is 0 Å². The van der Waals surface area contributed by atoms with E-state index in [2.05, 4.69) is 5.10 Å². The van der Waals surface area contributed by atoms with Crippen LogP contribution >= 0.6 is 0 Å². The van der Waals surface area contributed by atoms with Crippen molar-refractivity contribution in [1.29, 1.82) is 0 Å². The van der Waals surface area contributed by atoms with Crippen LogP contribution in [0.3, 0.4) is 0 Å². The molecule has 2 aliphatic heterocycles. The Morgan fingerprint density at radius 2 is 2.30 bits per heavy atom. The highest BCUT2D eigenvalue weighted by Gasteiger charge is 2.36. The van der Waals surface area contributed by atoms with Gasteiger partial charge in [-0.05, 0) is 24.2 Å². The summed E-state index contributed by atoms with van der Waals surface area (Å²) < 4.78 is 17.6. The number of hydrogen-bond acceptors (Lipinski definition) is 7. The van der Waals surface area contributed by atoms with E-state index in [1.165, 1.54) is 22.8 Å². The summed E-state index contributed by atoms with van der Waals surface area (Å²) in [6, 6.07) is 1.25. The highest BCUT2D eigenvalue weighted by Crippen LogP contribution is 2.28. The third kappa shape index (κ3) is 3.27. The summed E-state index contributed by atoms with van der Waals surface area (Å²) >= 11 is 0. The molecule has 2 unspecified atom stereocenters. The van der Waals surface area contributed by atoms with Gasteiger partial charge in [0.25, 0.3) is 0 Å². The first-order chi connectivity index (χ1) is 11.1. The van der Waals surface area contributed by atoms with Crippen molar-refractivity contribution in [3.63, 3.8) is 0 Å². The molecule has 0 spiro atoms. The predicted octanol–water partition coefficient (Wildman–Crippen LogP) is 1.29. The third-order valence-electron chi connectivity index (χ3n) is 3.85. The van der Waals surface area contributed by atoms with Gasteiger partial charge < -0.3 is 24.3 Å². The first-order valence-electron chi connectivity index (χ1n) is 7.43. The third-order valence-corrected chi connectivity index (χ3v) is 3.85. The number of amides is 1. The van der Waals surface area contributed by atoms with Gasteiger partial charge in [0.1, 0.15) is 6.10 Å². The summed E-state index contributed by atoms with van der Waals surface area (Å²) in [6.45, 7) is 1.20. The van der Waals surface area contributed by atoms with Crippen LogP contribution in [0.1, 0.15) is 19.3 Å². The molecule has 0 aliphatic carbocycles. The van der Waals surface area contributed by atoms with Crippen LogP contribution in [0.2, 0.25) is 0 Å². The Bertz CT molecular complexity index is 597. The molecule has 0 saturated carbocycles. The number of nitrogens with zero attached hydrogens (tertiary/aromatic N) is 4. The Balaban J connectivity index is 1.80. The molecule has 23 heavy (non-hydrogen) atoms. The Morgan fingerprint density at radius 1 is 1.48 bits per heavy atom. The fourth-order valence-electron chi connectivity index (χ4n) is 2.78. The minimum absolute atomic E-state index is 0.232. The topological polar surface area (TPSA) is 109 Å². The maximum Gasteiger partial charge on any atom is 0.415 e. The Kier molecular flexibility index (Phi) is 4.44. The lowest BCUT2D eigenvalue weighted by Crippen LogP contribution is -2.47. The second kappa shape index (κ2) is 6.50. The first-order valence-corrected chi connectivity index (χ1v) is 7.43. The number of hydrogen-bond donors (Lipinski definition) is 0. The Labute approximate surface area is 132 Å². The van der Waals surface area contributed by atoms with Crippen molar-refractivity contribution in [2.24, 2.45) is 0 Å². The van der Waals surface area contributed by atoms with E-state index in [9.17, 15) is 14.9 Å². The van der Waals surface area contributed by atoms with Gasteiger partial charge in [-0.1, -0.05) is 0 Å². The molecule has 1 amide bonds. The zero-order valence-electron chi connectivity index (χ0n) is 12.7. The molecule has 2 atom stereocenters. The molecule has 0 bridgehead atoms. The van der Waals surface area contributed by atoms with Gasteiger partial charge in [0.05, 0.1) is 31.4 Å². The van der Waals surface area contributed by atoms with Crippen molar-refractivity contribution in [3.8, 4) is 0 Å². The fraction of sp³-hybridized carbons (Fsp3) is 0.692. The lowest BCUT2D eigenvalue weighted by Gasteiger charge is -2.33. The average Bonchev–Trinajstić information content (AvgIpc) is 2.98. The van der Waals surface area contributed by atoms with Gasteiger partial charge in [-0.2, -0.15) is 4.68 Å². The molecule has 0 radical (unpaired) electrons. The average molecular weight is 326 g/mol. The molecular weight excluding hydrogens is 308 g/mol. The predicted molar refractivity (Wildman–Crippen MR) is 77.1 cm³/mol. The molecule has 10 heteroatoms. The molecule has 10 nitrogen and oxygen atoms in total. The number of carbonyl (C=O) groups is 1. The van der Waals surface area contributed by atoms with E-state index in [-0.39, 0.29) is 24.8 Å². The molecule has 3 rings (SSSR count). The minimum Gasteiger partial charge on any atom is -0.452 e. The van der Waals surface area contributed by atoms with E-state index in [4.69, 9.17) is 14.2 Å². The highest BCUT2D eigenvalue weighted by molar-refractivity contribution is 5.87. The molecule has 1 fully saturated rings. The SMILES string of the molecule is COC(=O)N1CC(OC2CCCCO2)Cn2nc([N+](=O)[O-])cc21. The van der Waals surface area contributed by atoms with Crippen molar-refractivity contribution in [2.75, 3.05) is 25.2 Å². The lowest BCUT2D eigenvalue weighted by atomic mass is 10.2. The van der Waals surface area contributed by atoms with Gasteiger partial charge in [-0.3, -0.25) is 4.90 Å². The number of ether oxygens (including phenoxy) is 3. The van der Waals surface area contributed by atoms with Crippen molar-refractivity contribution < 1.29 is 23.9 Å². The molecule has 0 N–H and O–H groups in total. The number of nitro groups is 1. The second-order valence-electron chi connectivity index (χ2n) is 5.43. The van der Waals surface area contributed by atoms with E-state index in [0.29, 0.717) is 19.0 Å².